The predicted molar refractivity (Wildman–Crippen MR) is 85.9 cm³/mol. The zero-order valence-electron chi connectivity index (χ0n) is 13.2. The summed E-state index contributed by atoms with van der Waals surface area (Å²) in [6.45, 7) is 3.84. The number of likely N-dealkylation sites (tertiary alicyclic amines) is 1. The number of aryl methyl sites for hydroxylation is 1. The van der Waals surface area contributed by atoms with E-state index < -0.39 is 0 Å². The number of rotatable bonds is 1. The molecule has 116 valence electrons. The Morgan fingerprint density at radius 1 is 1.14 bits per heavy atom. The van der Waals surface area contributed by atoms with Gasteiger partial charge in [0.1, 0.15) is 5.65 Å². The van der Waals surface area contributed by atoms with Crippen molar-refractivity contribution in [1.29, 1.82) is 0 Å². The predicted octanol–water partition coefficient (Wildman–Crippen LogP) is 3.30. The second kappa shape index (κ2) is 5.41. The third-order valence-corrected chi connectivity index (χ3v) is 5.40. The van der Waals surface area contributed by atoms with Crippen molar-refractivity contribution in [2.24, 2.45) is 11.8 Å². The average molecular weight is 297 g/mol. The van der Waals surface area contributed by atoms with Gasteiger partial charge in [-0.1, -0.05) is 19.3 Å². The second-order valence-corrected chi connectivity index (χ2v) is 6.91. The molecule has 1 saturated carbocycles. The van der Waals surface area contributed by atoms with Gasteiger partial charge in [-0.2, -0.15) is 0 Å². The first-order valence-electron chi connectivity index (χ1n) is 8.45. The summed E-state index contributed by atoms with van der Waals surface area (Å²) in [5.74, 6) is 1.76. The molecule has 4 nitrogen and oxygen atoms in total. The van der Waals surface area contributed by atoms with Crippen molar-refractivity contribution < 1.29 is 4.79 Å². The lowest BCUT2D eigenvalue weighted by Gasteiger charge is -2.41. The van der Waals surface area contributed by atoms with Gasteiger partial charge in [-0.25, -0.2) is 4.98 Å². The van der Waals surface area contributed by atoms with Crippen molar-refractivity contribution in [3.63, 3.8) is 0 Å². The lowest BCUT2D eigenvalue weighted by Crippen LogP contribution is -2.44. The molecule has 0 aromatic carbocycles. The molecule has 4 heteroatoms. The molecule has 2 aromatic rings. The molecule has 2 atom stereocenters. The van der Waals surface area contributed by atoms with Crippen molar-refractivity contribution in [2.45, 2.75) is 39.0 Å². The molecule has 1 amide bonds. The minimum atomic E-state index is 0.178. The van der Waals surface area contributed by atoms with Gasteiger partial charge in [-0.3, -0.25) is 4.79 Å². The lowest BCUT2D eigenvalue weighted by atomic mass is 9.75. The Labute approximate surface area is 131 Å². The minimum absolute atomic E-state index is 0.178. The normalized spacial score (nSPS) is 25.2. The van der Waals surface area contributed by atoms with Crippen molar-refractivity contribution in [1.82, 2.24) is 14.3 Å². The maximum atomic E-state index is 12.8. The van der Waals surface area contributed by atoms with Gasteiger partial charge in [0.2, 0.25) is 0 Å². The number of imidazole rings is 1. The molecule has 1 aliphatic heterocycles. The van der Waals surface area contributed by atoms with E-state index in [0.29, 0.717) is 0 Å². The third kappa shape index (κ3) is 2.40. The molecule has 3 heterocycles. The number of carbonyl (C=O) groups excluding carboxylic acids is 1. The summed E-state index contributed by atoms with van der Waals surface area (Å²) in [6, 6.07) is 3.85. The van der Waals surface area contributed by atoms with Crippen molar-refractivity contribution in [2.75, 3.05) is 13.1 Å². The Balaban J connectivity index is 1.54. The van der Waals surface area contributed by atoms with Crippen LogP contribution in [0.2, 0.25) is 0 Å². The zero-order valence-corrected chi connectivity index (χ0v) is 13.2. The number of pyridine rings is 1. The molecular formula is C18H23N3O. The summed E-state index contributed by atoms with van der Waals surface area (Å²) >= 11 is 0. The SMILES string of the molecule is Cc1cn2cc(C(=O)N3CCC4CCCCC4C3)ccc2n1. The van der Waals surface area contributed by atoms with Crippen LogP contribution in [0, 0.1) is 18.8 Å². The van der Waals surface area contributed by atoms with Crippen LogP contribution in [0.5, 0.6) is 0 Å². The van der Waals surface area contributed by atoms with Crippen LogP contribution in [0.25, 0.3) is 5.65 Å². The van der Waals surface area contributed by atoms with Gasteiger partial charge in [0, 0.05) is 25.5 Å². The fourth-order valence-electron chi connectivity index (χ4n) is 4.21. The van der Waals surface area contributed by atoms with E-state index in [2.05, 4.69) is 9.88 Å². The molecule has 0 bridgehead atoms. The van der Waals surface area contributed by atoms with E-state index in [1.54, 1.807) is 0 Å². The van der Waals surface area contributed by atoms with E-state index in [0.717, 1.165) is 41.8 Å². The maximum absolute atomic E-state index is 12.8. The summed E-state index contributed by atoms with van der Waals surface area (Å²) in [5, 5.41) is 0. The standard InChI is InChI=1S/C18H23N3O/c1-13-10-21-12-16(6-7-17(21)19-13)18(22)20-9-8-14-4-2-3-5-15(14)11-20/h6-7,10,12,14-15H,2-5,8-9,11H2,1H3. The van der Waals surface area contributed by atoms with Crippen molar-refractivity contribution >= 4 is 11.6 Å². The molecule has 1 aliphatic carbocycles. The Morgan fingerprint density at radius 2 is 1.95 bits per heavy atom. The molecular weight excluding hydrogens is 274 g/mol. The lowest BCUT2D eigenvalue weighted by molar-refractivity contribution is 0.0520. The molecule has 2 unspecified atom stereocenters. The van der Waals surface area contributed by atoms with Crippen molar-refractivity contribution in [3.05, 3.63) is 35.8 Å². The van der Waals surface area contributed by atoms with Gasteiger partial charge in [-0.15, -0.1) is 0 Å². The van der Waals surface area contributed by atoms with Crippen LogP contribution in [0.4, 0.5) is 0 Å². The molecule has 2 fully saturated rings. The Kier molecular flexibility index (Phi) is 3.40. The number of aromatic nitrogens is 2. The van der Waals surface area contributed by atoms with E-state index >= 15 is 0 Å². The van der Waals surface area contributed by atoms with Crippen LogP contribution in [0.1, 0.15) is 48.2 Å². The fourth-order valence-corrected chi connectivity index (χ4v) is 4.21. The summed E-state index contributed by atoms with van der Waals surface area (Å²) in [6.07, 6.45) is 10.5. The first kappa shape index (κ1) is 13.8. The largest absolute Gasteiger partial charge is 0.338 e. The van der Waals surface area contributed by atoms with Gasteiger partial charge >= 0.3 is 0 Å². The highest BCUT2D eigenvalue weighted by atomic mass is 16.2. The highest BCUT2D eigenvalue weighted by Crippen LogP contribution is 2.36. The number of carbonyl (C=O) groups is 1. The van der Waals surface area contributed by atoms with Crippen molar-refractivity contribution in [3.8, 4) is 0 Å². The van der Waals surface area contributed by atoms with E-state index in [4.69, 9.17) is 0 Å². The molecule has 4 rings (SSSR count). The maximum Gasteiger partial charge on any atom is 0.255 e. The molecule has 0 spiro atoms. The van der Waals surface area contributed by atoms with Crippen LogP contribution in [-0.4, -0.2) is 33.3 Å². The average Bonchev–Trinajstić information content (AvgIpc) is 2.92. The van der Waals surface area contributed by atoms with Crippen LogP contribution >= 0.6 is 0 Å². The molecule has 0 N–H and O–H groups in total. The molecule has 2 aliphatic rings. The summed E-state index contributed by atoms with van der Waals surface area (Å²) in [7, 11) is 0. The van der Waals surface area contributed by atoms with Gasteiger partial charge in [0.15, 0.2) is 0 Å². The van der Waals surface area contributed by atoms with E-state index in [1.165, 1.54) is 32.1 Å². The van der Waals surface area contributed by atoms with E-state index in [9.17, 15) is 4.79 Å². The monoisotopic (exact) mass is 297 g/mol. The smallest absolute Gasteiger partial charge is 0.255 e. The van der Waals surface area contributed by atoms with Crippen LogP contribution in [0.3, 0.4) is 0 Å². The molecule has 1 saturated heterocycles. The first-order chi connectivity index (χ1) is 10.7. The first-order valence-corrected chi connectivity index (χ1v) is 8.45. The van der Waals surface area contributed by atoms with E-state index in [-0.39, 0.29) is 5.91 Å². The van der Waals surface area contributed by atoms with Crippen LogP contribution in [0.15, 0.2) is 24.5 Å². The minimum Gasteiger partial charge on any atom is -0.338 e. The zero-order chi connectivity index (χ0) is 15.1. The highest BCUT2D eigenvalue weighted by Gasteiger charge is 2.33. The van der Waals surface area contributed by atoms with Gasteiger partial charge < -0.3 is 9.30 Å². The highest BCUT2D eigenvalue weighted by molar-refractivity contribution is 5.94. The number of hydrogen-bond acceptors (Lipinski definition) is 2. The van der Waals surface area contributed by atoms with Gasteiger partial charge in [0.05, 0.1) is 11.3 Å². The quantitative estimate of drug-likeness (QED) is 0.810. The number of hydrogen-bond donors (Lipinski definition) is 0. The van der Waals surface area contributed by atoms with Gasteiger partial charge in [-0.05, 0) is 43.7 Å². The fraction of sp³-hybridized carbons (Fsp3) is 0.556. The summed E-state index contributed by atoms with van der Waals surface area (Å²) in [4.78, 5) is 19.3. The Hall–Kier alpha value is -1.84. The van der Waals surface area contributed by atoms with E-state index in [1.807, 2.05) is 35.9 Å². The summed E-state index contributed by atoms with van der Waals surface area (Å²) < 4.78 is 1.95. The third-order valence-electron chi connectivity index (χ3n) is 5.40. The topological polar surface area (TPSA) is 37.6 Å². The number of fused-ring (bicyclic) bond motifs is 2. The van der Waals surface area contributed by atoms with Gasteiger partial charge in [0.25, 0.3) is 5.91 Å². The molecule has 0 radical (unpaired) electrons. The Morgan fingerprint density at radius 3 is 2.82 bits per heavy atom. The molecule has 2 aromatic heterocycles. The van der Waals surface area contributed by atoms with Crippen LogP contribution < -0.4 is 0 Å². The number of nitrogens with zero attached hydrogens (tertiary/aromatic N) is 3. The second-order valence-electron chi connectivity index (χ2n) is 6.91. The Bertz CT molecular complexity index is 705. The number of amides is 1. The van der Waals surface area contributed by atoms with Crippen LogP contribution in [-0.2, 0) is 0 Å². The summed E-state index contributed by atoms with van der Waals surface area (Å²) in [5.41, 5.74) is 2.66. The number of piperidine rings is 1. The molecule has 22 heavy (non-hydrogen) atoms.